The molecule has 1 aromatic heterocycles. The first kappa shape index (κ1) is 17.0. The Morgan fingerprint density at radius 2 is 1.56 bits per heavy atom. The molecule has 0 radical (unpaired) electrons. The number of aromatic nitrogens is 3. The normalized spacial score (nSPS) is 12.0. The molecule has 0 saturated heterocycles. The molecule has 1 amide bonds. The van der Waals surface area contributed by atoms with Gasteiger partial charge in [-0.2, -0.15) is 0 Å². The van der Waals surface area contributed by atoms with E-state index in [0.717, 1.165) is 23.0 Å². The molecule has 5 heteroatoms. The van der Waals surface area contributed by atoms with Crippen molar-refractivity contribution in [1.82, 2.24) is 20.3 Å². The van der Waals surface area contributed by atoms with Crippen LogP contribution in [0.4, 0.5) is 0 Å². The van der Waals surface area contributed by atoms with Gasteiger partial charge in [0.05, 0.1) is 11.6 Å². The van der Waals surface area contributed by atoms with Gasteiger partial charge in [-0.3, -0.25) is 4.79 Å². The lowest BCUT2D eigenvalue weighted by molar-refractivity contribution is -0.122. The van der Waals surface area contributed by atoms with Crippen molar-refractivity contribution < 1.29 is 4.79 Å². The summed E-state index contributed by atoms with van der Waals surface area (Å²) in [5.74, 6) is -0.0876. The molecule has 0 aliphatic carbocycles. The number of nitrogens with one attached hydrogen (secondary N) is 1. The highest BCUT2D eigenvalue weighted by atomic mass is 16.2. The predicted molar refractivity (Wildman–Crippen MR) is 105 cm³/mol. The average molecular weight is 356 g/mol. The summed E-state index contributed by atoms with van der Waals surface area (Å²) in [7, 11) is 0. The number of nitrogens with zero attached hydrogens (tertiary/aromatic N) is 3. The topological polar surface area (TPSA) is 59.8 Å². The third-order valence-electron chi connectivity index (χ3n) is 4.53. The molecular weight excluding hydrogens is 336 g/mol. The molecule has 1 atom stereocenters. The lowest BCUT2D eigenvalue weighted by Gasteiger charge is -2.19. The van der Waals surface area contributed by atoms with Gasteiger partial charge in [0.15, 0.2) is 0 Å². The van der Waals surface area contributed by atoms with Crippen LogP contribution in [-0.2, 0) is 17.8 Å². The first-order chi connectivity index (χ1) is 13.3. The maximum atomic E-state index is 12.7. The monoisotopic (exact) mass is 356 g/mol. The van der Waals surface area contributed by atoms with Crippen molar-refractivity contribution in [3.8, 4) is 0 Å². The second-order valence-corrected chi connectivity index (χ2v) is 6.46. The van der Waals surface area contributed by atoms with Crippen LogP contribution in [0.15, 0.2) is 84.9 Å². The van der Waals surface area contributed by atoms with Crippen molar-refractivity contribution in [1.29, 1.82) is 0 Å². The number of amides is 1. The molecule has 0 spiro atoms. The van der Waals surface area contributed by atoms with E-state index in [0.29, 0.717) is 0 Å². The maximum Gasteiger partial charge on any atom is 0.242 e. The SMILES string of the molecule is O=C(Cn1nnc2ccccc21)NC(Cc1ccccc1)c1ccccc1. The molecule has 4 aromatic rings. The van der Waals surface area contributed by atoms with Crippen LogP contribution in [-0.4, -0.2) is 20.9 Å². The molecule has 134 valence electrons. The number of hydrogen-bond acceptors (Lipinski definition) is 3. The van der Waals surface area contributed by atoms with Gasteiger partial charge in [0.1, 0.15) is 12.1 Å². The largest absolute Gasteiger partial charge is 0.347 e. The van der Waals surface area contributed by atoms with Gasteiger partial charge in [-0.25, -0.2) is 4.68 Å². The van der Waals surface area contributed by atoms with Gasteiger partial charge < -0.3 is 5.32 Å². The van der Waals surface area contributed by atoms with E-state index < -0.39 is 0 Å². The van der Waals surface area contributed by atoms with Gasteiger partial charge in [-0.1, -0.05) is 78.0 Å². The zero-order valence-electron chi connectivity index (χ0n) is 14.8. The number of hydrogen-bond donors (Lipinski definition) is 1. The molecule has 4 rings (SSSR count). The minimum absolute atomic E-state index is 0.0876. The van der Waals surface area contributed by atoms with Crippen molar-refractivity contribution in [3.05, 3.63) is 96.1 Å². The van der Waals surface area contributed by atoms with Crippen molar-refractivity contribution in [3.63, 3.8) is 0 Å². The number of carbonyl (C=O) groups excluding carboxylic acids is 1. The lowest BCUT2D eigenvalue weighted by atomic mass is 9.99. The van der Waals surface area contributed by atoms with E-state index in [4.69, 9.17) is 0 Å². The lowest BCUT2D eigenvalue weighted by Crippen LogP contribution is -2.33. The molecule has 1 unspecified atom stereocenters. The molecule has 3 aromatic carbocycles. The third-order valence-corrected chi connectivity index (χ3v) is 4.53. The van der Waals surface area contributed by atoms with Crippen LogP contribution in [0, 0.1) is 0 Å². The van der Waals surface area contributed by atoms with Crippen molar-refractivity contribution in [2.75, 3.05) is 0 Å². The van der Waals surface area contributed by atoms with E-state index in [9.17, 15) is 4.79 Å². The minimum Gasteiger partial charge on any atom is -0.347 e. The molecular formula is C22H20N4O. The summed E-state index contributed by atoms with van der Waals surface area (Å²) in [5, 5.41) is 11.4. The number of para-hydroxylation sites is 1. The van der Waals surface area contributed by atoms with E-state index in [2.05, 4.69) is 27.8 Å². The van der Waals surface area contributed by atoms with E-state index in [1.54, 1.807) is 4.68 Å². The number of benzene rings is 3. The predicted octanol–water partition coefficient (Wildman–Crippen LogP) is 3.53. The fraction of sp³-hybridized carbons (Fsp3) is 0.136. The zero-order valence-corrected chi connectivity index (χ0v) is 14.8. The van der Waals surface area contributed by atoms with Crippen LogP contribution < -0.4 is 5.32 Å². The Morgan fingerprint density at radius 3 is 2.33 bits per heavy atom. The van der Waals surface area contributed by atoms with Crippen molar-refractivity contribution in [2.24, 2.45) is 0 Å². The first-order valence-corrected chi connectivity index (χ1v) is 8.96. The summed E-state index contributed by atoms with van der Waals surface area (Å²) in [4.78, 5) is 12.7. The molecule has 0 saturated carbocycles. The standard InChI is InChI=1S/C22H20N4O/c27-22(16-26-21-14-8-7-13-19(21)24-25-26)23-20(18-11-5-2-6-12-18)15-17-9-3-1-4-10-17/h1-14,20H,15-16H2,(H,23,27). The van der Waals surface area contributed by atoms with Crippen LogP contribution in [0.25, 0.3) is 11.0 Å². The van der Waals surface area contributed by atoms with Gasteiger partial charge in [0.25, 0.3) is 0 Å². The summed E-state index contributed by atoms with van der Waals surface area (Å²) in [6.07, 6.45) is 0.731. The quantitative estimate of drug-likeness (QED) is 0.575. The Labute approximate surface area is 157 Å². The van der Waals surface area contributed by atoms with Crippen LogP contribution in [0.1, 0.15) is 17.2 Å². The first-order valence-electron chi connectivity index (χ1n) is 8.96. The summed E-state index contributed by atoms with van der Waals surface area (Å²) >= 11 is 0. The Kier molecular flexibility index (Phi) is 4.92. The molecule has 0 bridgehead atoms. The highest BCUT2D eigenvalue weighted by Crippen LogP contribution is 2.18. The molecule has 1 heterocycles. The highest BCUT2D eigenvalue weighted by Gasteiger charge is 2.16. The van der Waals surface area contributed by atoms with Crippen LogP contribution >= 0.6 is 0 Å². The van der Waals surface area contributed by atoms with E-state index in [1.165, 1.54) is 5.56 Å². The van der Waals surface area contributed by atoms with Gasteiger partial charge in [-0.05, 0) is 29.7 Å². The van der Waals surface area contributed by atoms with Gasteiger partial charge >= 0.3 is 0 Å². The second kappa shape index (κ2) is 7.83. The van der Waals surface area contributed by atoms with Crippen LogP contribution in [0.3, 0.4) is 0 Å². The fourth-order valence-electron chi connectivity index (χ4n) is 3.20. The fourth-order valence-corrected chi connectivity index (χ4v) is 3.20. The van der Waals surface area contributed by atoms with Crippen molar-refractivity contribution in [2.45, 2.75) is 19.0 Å². The Morgan fingerprint density at radius 1 is 0.889 bits per heavy atom. The minimum atomic E-state index is -0.101. The summed E-state index contributed by atoms with van der Waals surface area (Å²) < 4.78 is 1.63. The molecule has 0 fully saturated rings. The Hall–Kier alpha value is -3.47. The number of fused-ring (bicyclic) bond motifs is 1. The van der Waals surface area contributed by atoms with Crippen molar-refractivity contribution >= 4 is 16.9 Å². The maximum absolute atomic E-state index is 12.7. The molecule has 0 aliphatic rings. The van der Waals surface area contributed by atoms with E-state index in [-0.39, 0.29) is 18.5 Å². The number of rotatable bonds is 6. The zero-order chi connectivity index (χ0) is 18.5. The Balaban J connectivity index is 1.53. The molecule has 1 N–H and O–H groups in total. The third kappa shape index (κ3) is 4.03. The molecule has 27 heavy (non-hydrogen) atoms. The van der Waals surface area contributed by atoms with Crippen LogP contribution in [0.5, 0.6) is 0 Å². The molecule has 5 nitrogen and oxygen atoms in total. The highest BCUT2D eigenvalue weighted by molar-refractivity contribution is 5.80. The number of carbonyl (C=O) groups is 1. The summed E-state index contributed by atoms with van der Waals surface area (Å²) in [6, 6.07) is 27.8. The average Bonchev–Trinajstić information content (AvgIpc) is 3.12. The Bertz CT molecular complexity index is 1030. The summed E-state index contributed by atoms with van der Waals surface area (Å²) in [6.45, 7) is 0.138. The smallest absolute Gasteiger partial charge is 0.242 e. The second-order valence-electron chi connectivity index (χ2n) is 6.46. The summed E-state index contributed by atoms with van der Waals surface area (Å²) in [5.41, 5.74) is 3.90. The van der Waals surface area contributed by atoms with Gasteiger partial charge in [-0.15, -0.1) is 5.10 Å². The van der Waals surface area contributed by atoms with E-state index >= 15 is 0 Å². The van der Waals surface area contributed by atoms with Gasteiger partial charge in [0.2, 0.25) is 5.91 Å². The van der Waals surface area contributed by atoms with Crippen LogP contribution in [0.2, 0.25) is 0 Å². The molecule has 0 aliphatic heterocycles. The van der Waals surface area contributed by atoms with Gasteiger partial charge in [0, 0.05) is 0 Å². The van der Waals surface area contributed by atoms with E-state index in [1.807, 2.05) is 72.8 Å².